The van der Waals surface area contributed by atoms with E-state index in [9.17, 15) is 9.18 Å². The van der Waals surface area contributed by atoms with Gasteiger partial charge in [-0.3, -0.25) is 4.79 Å². The summed E-state index contributed by atoms with van der Waals surface area (Å²) >= 11 is 5.63. The van der Waals surface area contributed by atoms with Gasteiger partial charge in [-0.15, -0.1) is 0 Å². The van der Waals surface area contributed by atoms with E-state index in [1.54, 1.807) is 0 Å². The maximum atomic E-state index is 12.9. The van der Waals surface area contributed by atoms with E-state index >= 15 is 0 Å². The molecule has 5 heteroatoms. The van der Waals surface area contributed by atoms with Crippen molar-refractivity contribution in [2.75, 3.05) is 0 Å². The molecule has 2 rings (SSSR count). The van der Waals surface area contributed by atoms with Crippen LogP contribution in [0.4, 0.5) is 4.39 Å². The number of hydrogen-bond acceptors (Lipinski definition) is 2. The van der Waals surface area contributed by atoms with E-state index in [-0.39, 0.29) is 16.0 Å². The SMILES string of the molecule is O=c1[nH]oc2c(F)ccc(Cl)c12. The third-order valence-corrected chi connectivity index (χ3v) is 1.85. The Morgan fingerprint density at radius 2 is 2.25 bits per heavy atom. The Morgan fingerprint density at radius 1 is 1.50 bits per heavy atom. The molecule has 0 bridgehead atoms. The molecule has 0 radical (unpaired) electrons. The van der Waals surface area contributed by atoms with Gasteiger partial charge in [-0.2, -0.15) is 5.16 Å². The molecule has 0 aliphatic rings. The second kappa shape index (κ2) is 2.35. The lowest BCUT2D eigenvalue weighted by atomic mass is 10.2. The summed E-state index contributed by atoms with van der Waals surface area (Å²) < 4.78 is 17.4. The van der Waals surface area contributed by atoms with Crippen LogP contribution >= 0.6 is 11.6 Å². The van der Waals surface area contributed by atoms with Crippen LogP contribution in [0.2, 0.25) is 5.02 Å². The Morgan fingerprint density at radius 3 is 2.92 bits per heavy atom. The highest BCUT2D eigenvalue weighted by atomic mass is 35.5. The van der Waals surface area contributed by atoms with E-state index in [0.29, 0.717) is 0 Å². The molecular weight excluding hydrogens is 185 g/mol. The van der Waals surface area contributed by atoms with E-state index in [1.165, 1.54) is 6.07 Å². The van der Waals surface area contributed by atoms with Gasteiger partial charge in [-0.25, -0.2) is 4.39 Å². The van der Waals surface area contributed by atoms with Crippen molar-refractivity contribution < 1.29 is 8.91 Å². The Hall–Kier alpha value is -1.29. The first-order valence-corrected chi connectivity index (χ1v) is 3.53. The summed E-state index contributed by atoms with van der Waals surface area (Å²) in [5.74, 6) is -0.604. The van der Waals surface area contributed by atoms with Crippen molar-refractivity contribution in [2.45, 2.75) is 0 Å². The zero-order valence-corrected chi connectivity index (χ0v) is 6.48. The molecule has 0 spiro atoms. The Bertz CT molecular complexity index is 488. The van der Waals surface area contributed by atoms with E-state index in [0.717, 1.165) is 6.07 Å². The van der Waals surface area contributed by atoms with Crippen LogP contribution in [0.5, 0.6) is 0 Å². The number of H-pyrrole nitrogens is 1. The molecule has 0 fully saturated rings. The molecule has 2 aromatic rings. The van der Waals surface area contributed by atoms with Crippen molar-refractivity contribution in [3.63, 3.8) is 0 Å². The minimum Gasteiger partial charge on any atom is -0.375 e. The third kappa shape index (κ3) is 0.848. The van der Waals surface area contributed by atoms with Crippen LogP contribution in [0, 0.1) is 5.82 Å². The second-order valence-electron chi connectivity index (χ2n) is 2.27. The maximum absolute atomic E-state index is 12.9. The average molecular weight is 188 g/mol. The second-order valence-corrected chi connectivity index (χ2v) is 2.67. The van der Waals surface area contributed by atoms with E-state index in [1.807, 2.05) is 5.16 Å². The van der Waals surface area contributed by atoms with Crippen molar-refractivity contribution >= 4 is 22.6 Å². The Balaban J connectivity index is 3.09. The molecule has 0 unspecified atom stereocenters. The van der Waals surface area contributed by atoms with Crippen molar-refractivity contribution in [1.29, 1.82) is 0 Å². The van der Waals surface area contributed by atoms with Gasteiger partial charge < -0.3 is 4.52 Å². The van der Waals surface area contributed by atoms with Gasteiger partial charge in [0.1, 0.15) is 5.39 Å². The molecule has 62 valence electrons. The standard InChI is InChI=1S/C7H3ClFNO2/c8-3-1-2-4(9)6-5(3)7(11)10-12-6/h1-2H,(H,10,11). The first kappa shape index (κ1) is 7.36. The number of halogens is 2. The van der Waals surface area contributed by atoms with Gasteiger partial charge in [-0.05, 0) is 12.1 Å². The van der Waals surface area contributed by atoms with Crippen LogP contribution in [0.25, 0.3) is 11.0 Å². The van der Waals surface area contributed by atoms with E-state index < -0.39 is 11.4 Å². The third-order valence-electron chi connectivity index (χ3n) is 1.53. The lowest BCUT2D eigenvalue weighted by Gasteiger charge is -1.89. The number of hydrogen-bond donors (Lipinski definition) is 1. The van der Waals surface area contributed by atoms with Gasteiger partial charge in [0.25, 0.3) is 5.56 Å². The molecule has 0 atom stereocenters. The highest BCUT2D eigenvalue weighted by Gasteiger charge is 2.11. The van der Waals surface area contributed by atoms with Gasteiger partial charge in [0, 0.05) is 0 Å². The highest BCUT2D eigenvalue weighted by molar-refractivity contribution is 6.35. The summed E-state index contributed by atoms with van der Waals surface area (Å²) in [7, 11) is 0. The van der Waals surface area contributed by atoms with E-state index in [4.69, 9.17) is 11.6 Å². The minimum absolute atomic E-state index is 0.0525. The monoisotopic (exact) mass is 187 g/mol. The fraction of sp³-hybridized carbons (Fsp3) is 0. The molecular formula is C7H3ClFNO2. The molecule has 1 aromatic heterocycles. The largest absolute Gasteiger partial charge is 0.375 e. The zero-order valence-electron chi connectivity index (χ0n) is 5.73. The first-order chi connectivity index (χ1) is 5.70. The molecule has 0 aliphatic heterocycles. The predicted molar refractivity (Wildman–Crippen MR) is 41.8 cm³/mol. The zero-order chi connectivity index (χ0) is 8.72. The summed E-state index contributed by atoms with van der Waals surface area (Å²) in [5, 5.41) is 2.24. The predicted octanol–water partition coefficient (Wildman–Crippen LogP) is 1.91. The van der Waals surface area contributed by atoms with E-state index in [2.05, 4.69) is 4.52 Å². The van der Waals surface area contributed by atoms with Crippen LogP contribution in [0.3, 0.4) is 0 Å². The highest BCUT2D eigenvalue weighted by Crippen LogP contribution is 2.21. The minimum atomic E-state index is -0.604. The molecule has 0 saturated carbocycles. The average Bonchev–Trinajstić information content (AvgIpc) is 2.42. The normalized spacial score (nSPS) is 10.8. The van der Waals surface area contributed by atoms with Gasteiger partial charge in [0.05, 0.1) is 5.02 Å². The van der Waals surface area contributed by atoms with Gasteiger partial charge in [0.2, 0.25) is 5.58 Å². The summed E-state index contributed by atoms with van der Waals surface area (Å²) in [6, 6.07) is 2.45. The van der Waals surface area contributed by atoms with Gasteiger partial charge >= 0.3 is 0 Å². The number of rotatable bonds is 0. The number of fused-ring (bicyclic) bond motifs is 1. The molecule has 0 amide bonds. The van der Waals surface area contributed by atoms with Crippen LogP contribution in [0.1, 0.15) is 0 Å². The quantitative estimate of drug-likeness (QED) is 0.685. The molecule has 12 heavy (non-hydrogen) atoms. The lowest BCUT2D eigenvalue weighted by molar-refractivity contribution is 0.434. The first-order valence-electron chi connectivity index (χ1n) is 3.15. The Labute approximate surface area is 70.7 Å². The Kier molecular flexibility index (Phi) is 1.44. The van der Waals surface area contributed by atoms with Crippen LogP contribution in [0.15, 0.2) is 21.5 Å². The van der Waals surface area contributed by atoms with Gasteiger partial charge in [0.15, 0.2) is 5.82 Å². The molecule has 1 heterocycles. The smallest absolute Gasteiger partial charge is 0.289 e. The van der Waals surface area contributed by atoms with Crippen molar-refractivity contribution in [1.82, 2.24) is 5.16 Å². The summed E-state index contributed by atoms with van der Waals surface area (Å²) in [5.41, 5.74) is -0.651. The fourth-order valence-corrected chi connectivity index (χ4v) is 1.23. The molecule has 1 N–H and O–H groups in total. The van der Waals surface area contributed by atoms with Crippen LogP contribution in [-0.2, 0) is 0 Å². The lowest BCUT2D eigenvalue weighted by Crippen LogP contribution is -1.97. The number of aromatic amines is 1. The topological polar surface area (TPSA) is 46.0 Å². The van der Waals surface area contributed by atoms with Crippen LogP contribution in [-0.4, -0.2) is 5.16 Å². The van der Waals surface area contributed by atoms with Crippen molar-refractivity contribution in [3.8, 4) is 0 Å². The fourth-order valence-electron chi connectivity index (χ4n) is 0.993. The number of benzene rings is 1. The molecule has 1 aromatic carbocycles. The molecule has 3 nitrogen and oxygen atoms in total. The van der Waals surface area contributed by atoms with Gasteiger partial charge in [-0.1, -0.05) is 11.6 Å². The summed E-state index contributed by atoms with van der Waals surface area (Å²) in [6.45, 7) is 0. The summed E-state index contributed by atoms with van der Waals surface area (Å²) in [4.78, 5) is 11.0. The molecule has 0 aliphatic carbocycles. The van der Waals surface area contributed by atoms with Crippen molar-refractivity contribution in [2.24, 2.45) is 0 Å². The number of nitrogens with one attached hydrogen (secondary N) is 1. The summed E-state index contributed by atoms with van der Waals surface area (Å²) in [6.07, 6.45) is 0. The molecule has 0 saturated heterocycles. The maximum Gasteiger partial charge on any atom is 0.289 e. The van der Waals surface area contributed by atoms with Crippen LogP contribution < -0.4 is 5.56 Å². The number of aromatic nitrogens is 1. The van der Waals surface area contributed by atoms with Crippen molar-refractivity contribution in [3.05, 3.63) is 33.3 Å².